The highest BCUT2D eigenvalue weighted by Crippen LogP contribution is 2.06. The summed E-state index contributed by atoms with van der Waals surface area (Å²) in [5, 5.41) is 9.63. The molecule has 2 heteroatoms. The Bertz CT molecular complexity index is 118. The Labute approximate surface area is 82.9 Å². The lowest BCUT2D eigenvalue weighted by Crippen LogP contribution is -2.39. The van der Waals surface area contributed by atoms with Crippen molar-refractivity contribution in [2.75, 3.05) is 19.6 Å². The number of rotatable bonds is 7. The van der Waals surface area contributed by atoms with Gasteiger partial charge in [0.2, 0.25) is 0 Å². The topological polar surface area (TPSA) is 23.5 Å². The summed E-state index contributed by atoms with van der Waals surface area (Å²) in [5.41, 5.74) is -0.553. The number of unbranched alkanes of at least 4 members (excludes halogenated alkanes) is 2. The number of nitrogens with zero attached hydrogens (tertiary/aromatic N) is 1. The molecule has 0 aromatic rings. The lowest BCUT2D eigenvalue weighted by atomic mass is 10.1. The van der Waals surface area contributed by atoms with Crippen LogP contribution >= 0.6 is 0 Å². The quantitative estimate of drug-likeness (QED) is 0.618. The average Bonchev–Trinajstić information content (AvgIpc) is 2.01. The maximum atomic E-state index is 9.63. The van der Waals surface area contributed by atoms with Gasteiger partial charge in [0.25, 0.3) is 0 Å². The van der Waals surface area contributed by atoms with Gasteiger partial charge in [0.05, 0.1) is 5.60 Å². The summed E-state index contributed by atoms with van der Waals surface area (Å²) < 4.78 is 0. The Hall–Kier alpha value is -0.0800. The van der Waals surface area contributed by atoms with Gasteiger partial charge in [0, 0.05) is 6.54 Å². The molecule has 0 heterocycles. The zero-order valence-electron chi connectivity index (χ0n) is 9.64. The maximum absolute atomic E-state index is 9.63. The molecule has 0 aromatic heterocycles. The van der Waals surface area contributed by atoms with Gasteiger partial charge in [-0.3, -0.25) is 0 Å². The second-order valence-electron chi connectivity index (χ2n) is 4.39. The smallest absolute Gasteiger partial charge is 0.0718 e. The molecule has 1 N–H and O–H groups in total. The largest absolute Gasteiger partial charge is 0.389 e. The van der Waals surface area contributed by atoms with Crippen LogP contribution in [0, 0.1) is 0 Å². The predicted octanol–water partition coefficient (Wildman–Crippen LogP) is 2.27. The number of likely N-dealkylation sites (N-methyl/N-ethyl adjacent to an activating group) is 1. The Morgan fingerprint density at radius 1 is 1.15 bits per heavy atom. The summed E-state index contributed by atoms with van der Waals surface area (Å²) in [6, 6.07) is 0. The average molecular weight is 187 g/mol. The molecule has 0 atom stereocenters. The number of aliphatic hydroxyl groups is 1. The van der Waals surface area contributed by atoms with E-state index < -0.39 is 5.60 Å². The third-order valence-corrected chi connectivity index (χ3v) is 2.14. The molecule has 0 bridgehead atoms. The summed E-state index contributed by atoms with van der Waals surface area (Å²) in [5.74, 6) is 0. The van der Waals surface area contributed by atoms with Gasteiger partial charge in [-0.05, 0) is 33.4 Å². The highest BCUT2D eigenvalue weighted by atomic mass is 16.3. The van der Waals surface area contributed by atoms with Crippen molar-refractivity contribution in [1.29, 1.82) is 0 Å². The lowest BCUT2D eigenvalue weighted by molar-refractivity contribution is 0.0374. The van der Waals surface area contributed by atoms with Crippen molar-refractivity contribution in [3.8, 4) is 0 Å². The van der Waals surface area contributed by atoms with E-state index in [1.807, 2.05) is 13.8 Å². The minimum absolute atomic E-state index is 0.553. The zero-order chi connectivity index (χ0) is 10.3. The molecule has 0 aromatic carbocycles. The molecule has 0 rings (SSSR count). The van der Waals surface area contributed by atoms with Crippen LogP contribution in [-0.2, 0) is 0 Å². The molecule has 13 heavy (non-hydrogen) atoms. The van der Waals surface area contributed by atoms with Gasteiger partial charge < -0.3 is 10.0 Å². The molecule has 0 saturated heterocycles. The fraction of sp³-hybridized carbons (Fsp3) is 1.00. The van der Waals surface area contributed by atoms with E-state index in [2.05, 4.69) is 18.7 Å². The fourth-order valence-electron chi connectivity index (χ4n) is 1.48. The van der Waals surface area contributed by atoms with Crippen molar-refractivity contribution >= 4 is 0 Å². The molecule has 0 aliphatic carbocycles. The molecule has 80 valence electrons. The van der Waals surface area contributed by atoms with Crippen molar-refractivity contribution in [3.05, 3.63) is 0 Å². The molecule has 0 radical (unpaired) electrons. The SMILES string of the molecule is CCCCCN(CC)CC(C)(C)O. The first kappa shape index (κ1) is 12.9. The minimum Gasteiger partial charge on any atom is -0.389 e. The van der Waals surface area contributed by atoms with E-state index in [1.165, 1.54) is 19.3 Å². The molecule has 0 fully saturated rings. The summed E-state index contributed by atoms with van der Waals surface area (Å²) in [6.45, 7) is 11.0. The van der Waals surface area contributed by atoms with Crippen LogP contribution in [0.15, 0.2) is 0 Å². The van der Waals surface area contributed by atoms with Gasteiger partial charge in [-0.2, -0.15) is 0 Å². The number of hydrogen-bond donors (Lipinski definition) is 1. The summed E-state index contributed by atoms with van der Waals surface area (Å²) in [4.78, 5) is 2.32. The first-order chi connectivity index (χ1) is 5.99. The predicted molar refractivity (Wildman–Crippen MR) is 57.9 cm³/mol. The molecule has 2 nitrogen and oxygen atoms in total. The van der Waals surface area contributed by atoms with E-state index in [4.69, 9.17) is 0 Å². The van der Waals surface area contributed by atoms with Gasteiger partial charge in [0.1, 0.15) is 0 Å². The van der Waals surface area contributed by atoms with E-state index in [0.717, 1.165) is 19.6 Å². The van der Waals surface area contributed by atoms with Crippen molar-refractivity contribution in [2.24, 2.45) is 0 Å². The van der Waals surface area contributed by atoms with Crippen LogP contribution in [0.5, 0.6) is 0 Å². The van der Waals surface area contributed by atoms with Crippen LogP contribution in [0.1, 0.15) is 47.0 Å². The third-order valence-electron chi connectivity index (χ3n) is 2.14. The Kier molecular flexibility index (Phi) is 6.35. The van der Waals surface area contributed by atoms with Crippen LogP contribution in [0.3, 0.4) is 0 Å². The molecule has 0 unspecified atom stereocenters. The van der Waals surface area contributed by atoms with Crippen LogP contribution < -0.4 is 0 Å². The van der Waals surface area contributed by atoms with E-state index in [0.29, 0.717) is 0 Å². The van der Waals surface area contributed by atoms with E-state index in [-0.39, 0.29) is 0 Å². The maximum Gasteiger partial charge on any atom is 0.0718 e. The van der Waals surface area contributed by atoms with E-state index >= 15 is 0 Å². The fourth-order valence-corrected chi connectivity index (χ4v) is 1.48. The van der Waals surface area contributed by atoms with Gasteiger partial charge in [0.15, 0.2) is 0 Å². The van der Waals surface area contributed by atoms with Crippen molar-refractivity contribution in [2.45, 2.75) is 52.6 Å². The first-order valence-corrected chi connectivity index (χ1v) is 5.44. The van der Waals surface area contributed by atoms with Crippen LogP contribution in [0.2, 0.25) is 0 Å². The Morgan fingerprint density at radius 3 is 2.15 bits per heavy atom. The summed E-state index contributed by atoms with van der Waals surface area (Å²) in [6.07, 6.45) is 3.81. The molecule has 0 aliphatic rings. The van der Waals surface area contributed by atoms with Gasteiger partial charge in [-0.15, -0.1) is 0 Å². The second kappa shape index (κ2) is 6.39. The molecular formula is C11H25NO. The molecular weight excluding hydrogens is 162 g/mol. The zero-order valence-corrected chi connectivity index (χ0v) is 9.64. The Morgan fingerprint density at radius 2 is 1.77 bits per heavy atom. The van der Waals surface area contributed by atoms with E-state index in [1.54, 1.807) is 0 Å². The second-order valence-corrected chi connectivity index (χ2v) is 4.39. The molecule has 0 saturated carbocycles. The minimum atomic E-state index is -0.553. The van der Waals surface area contributed by atoms with Gasteiger partial charge >= 0.3 is 0 Å². The van der Waals surface area contributed by atoms with Gasteiger partial charge in [-0.25, -0.2) is 0 Å². The monoisotopic (exact) mass is 187 g/mol. The highest BCUT2D eigenvalue weighted by Gasteiger charge is 2.16. The molecule has 0 aliphatic heterocycles. The van der Waals surface area contributed by atoms with Crippen molar-refractivity contribution < 1.29 is 5.11 Å². The summed E-state index contributed by atoms with van der Waals surface area (Å²) >= 11 is 0. The normalized spacial score (nSPS) is 12.5. The summed E-state index contributed by atoms with van der Waals surface area (Å²) in [7, 11) is 0. The van der Waals surface area contributed by atoms with Crippen LogP contribution in [0.4, 0.5) is 0 Å². The standard InChI is InChI=1S/C11H25NO/c1-5-7-8-9-12(6-2)10-11(3,4)13/h13H,5-10H2,1-4H3. The molecule has 0 amide bonds. The molecule has 0 spiro atoms. The van der Waals surface area contributed by atoms with Crippen molar-refractivity contribution in [3.63, 3.8) is 0 Å². The van der Waals surface area contributed by atoms with Crippen molar-refractivity contribution in [1.82, 2.24) is 4.90 Å². The third kappa shape index (κ3) is 8.26. The first-order valence-electron chi connectivity index (χ1n) is 5.44. The Balaban J connectivity index is 3.63. The van der Waals surface area contributed by atoms with E-state index in [9.17, 15) is 5.11 Å². The lowest BCUT2D eigenvalue weighted by Gasteiger charge is -2.27. The van der Waals surface area contributed by atoms with Gasteiger partial charge in [-0.1, -0.05) is 26.7 Å². The van der Waals surface area contributed by atoms with Crippen LogP contribution in [-0.4, -0.2) is 35.2 Å². The highest BCUT2D eigenvalue weighted by molar-refractivity contribution is 4.71. The number of hydrogen-bond acceptors (Lipinski definition) is 2. The van der Waals surface area contributed by atoms with Crippen LogP contribution in [0.25, 0.3) is 0 Å².